The smallest absolute Gasteiger partial charge is 0.0895 e. The Hall–Kier alpha value is -1.24. The third-order valence-corrected chi connectivity index (χ3v) is 4.18. The number of hydrogen-bond donors (Lipinski definition) is 0. The summed E-state index contributed by atoms with van der Waals surface area (Å²) in [5.74, 6) is 0. The first-order valence-electron chi connectivity index (χ1n) is 9.09. The topological polar surface area (TPSA) is 49.4 Å². The lowest BCUT2D eigenvalue weighted by Crippen LogP contribution is -2.08. The predicted octanol–water partition coefficient (Wildman–Crippen LogP) is 5.03. The molecule has 0 aromatic rings. The van der Waals surface area contributed by atoms with Crippen LogP contribution in [0.1, 0.15) is 78.1 Å². The second kappa shape index (κ2) is 13.4. The van der Waals surface area contributed by atoms with Gasteiger partial charge < -0.3 is 0 Å². The van der Waals surface area contributed by atoms with E-state index in [1.165, 1.54) is 32.1 Å². The Labute approximate surface area is 136 Å². The standard InChI is InChI=1S/C18H32N4/c1-3-17(4-2)21-15-19-13-9-6-10-14-20-16-22-18-11-7-5-8-12-18/h17-18H,3-14H2,1-2H3. The predicted molar refractivity (Wildman–Crippen MR) is 94.6 cm³/mol. The molecule has 0 spiro atoms. The van der Waals surface area contributed by atoms with Crippen LogP contribution in [0.2, 0.25) is 0 Å². The van der Waals surface area contributed by atoms with E-state index in [9.17, 15) is 0 Å². The molecule has 0 saturated heterocycles. The highest BCUT2D eigenvalue weighted by Gasteiger charge is 2.10. The Balaban J connectivity index is 2.01. The van der Waals surface area contributed by atoms with Gasteiger partial charge in [-0.15, -0.1) is 0 Å². The van der Waals surface area contributed by atoms with Gasteiger partial charge in [0.05, 0.1) is 24.1 Å². The first kappa shape index (κ1) is 18.8. The summed E-state index contributed by atoms with van der Waals surface area (Å²) >= 11 is 0. The highest BCUT2D eigenvalue weighted by atomic mass is 14.8. The summed E-state index contributed by atoms with van der Waals surface area (Å²) in [4.78, 5) is 17.2. The van der Waals surface area contributed by atoms with Crippen LogP contribution in [0.5, 0.6) is 0 Å². The van der Waals surface area contributed by atoms with Gasteiger partial charge in [0.1, 0.15) is 0 Å². The van der Waals surface area contributed by atoms with Crippen LogP contribution in [0.3, 0.4) is 0 Å². The quantitative estimate of drug-likeness (QED) is 0.402. The van der Waals surface area contributed by atoms with Gasteiger partial charge in [0.2, 0.25) is 0 Å². The zero-order valence-corrected chi connectivity index (χ0v) is 14.4. The van der Waals surface area contributed by atoms with Gasteiger partial charge in [-0.1, -0.05) is 33.1 Å². The van der Waals surface area contributed by atoms with E-state index in [4.69, 9.17) is 0 Å². The maximum atomic E-state index is 4.42. The van der Waals surface area contributed by atoms with Crippen molar-refractivity contribution in [3.8, 4) is 0 Å². The second-order valence-electron chi connectivity index (χ2n) is 6.04. The van der Waals surface area contributed by atoms with Crippen LogP contribution in [-0.4, -0.2) is 37.2 Å². The number of rotatable bonds is 10. The summed E-state index contributed by atoms with van der Waals surface area (Å²) in [5, 5.41) is 0. The number of aliphatic imine (C=N–C) groups is 4. The van der Waals surface area contributed by atoms with E-state index in [0.29, 0.717) is 12.1 Å². The molecule has 1 aliphatic carbocycles. The summed E-state index contributed by atoms with van der Waals surface area (Å²) in [7, 11) is 0. The fourth-order valence-electron chi connectivity index (χ4n) is 2.58. The highest BCUT2D eigenvalue weighted by molar-refractivity contribution is 5.41. The lowest BCUT2D eigenvalue weighted by atomic mass is 9.96. The van der Waals surface area contributed by atoms with Crippen molar-refractivity contribution in [2.75, 3.05) is 13.1 Å². The van der Waals surface area contributed by atoms with E-state index in [1.54, 1.807) is 0 Å². The maximum Gasteiger partial charge on any atom is 0.0895 e. The van der Waals surface area contributed by atoms with Crippen molar-refractivity contribution in [3.63, 3.8) is 0 Å². The molecule has 1 aliphatic rings. The fraction of sp³-hybridized carbons (Fsp3) is 0.889. The van der Waals surface area contributed by atoms with Crippen molar-refractivity contribution in [1.82, 2.24) is 0 Å². The molecule has 0 N–H and O–H groups in total. The van der Waals surface area contributed by atoms with Crippen LogP contribution in [0, 0.1) is 0 Å². The van der Waals surface area contributed by atoms with E-state index in [1.807, 2.05) is 0 Å². The van der Waals surface area contributed by atoms with Gasteiger partial charge in [0.15, 0.2) is 0 Å². The molecule has 0 heterocycles. The molecule has 0 amide bonds. The van der Waals surface area contributed by atoms with Crippen molar-refractivity contribution in [2.45, 2.75) is 90.1 Å². The molecule has 4 nitrogen and oxygen atoms in total. The van der Waals surface area contributed by atoms with E-state index < -0.39 is 0 Å². The van der Waals surface area contributed by atoms with Gasteiger partial charge >= 0.3 is 0 Å². The Bertz CT molecular complexity index is 380. The molecule has 0 radical (unpaired) electrons. The van der Waals surface area contributed by atoms with E-state index >= 15 is 0 Å². The Morgan fingerprint density at radius 2 is 1.50 bits per heavy atom. The molecule has 1 saturated carbocycles. The van der Waals surface area contributed by atoms with Gasteiger partial charge in [-0.3, -0.25) is 0 Å². The van der Waals surface area contributed by atoms with Gasteiger partial charge in [-0.05, 0) is 44.9 Å². The molecule has 124 valence electrons. The van der Waals surface area contributed by atoms with Crippen LogP contribution >= 0.6 is 0 Å². The van der Waals surface area contributed by atoms with Crippen molar-refractivity contribution in [3.05, 3.63) is 0 Å². The molecule has 0 bridgehead atoms. The molecule has 0 unspecified atom stereocenters. The largest absolute Gasteiger partial charge is 0.226 e. The molecule has 1 rings (SSSR count). The Morgan fingerprint density at radius 1 is 0.864 bits per heavy atom. The molecule has 0 aromatic heterocycles. The minimum atomic E-state index is 0.390. The van der Waals surface area contributed by atoms with Crippen LogP contribution in [0.25, 0.3) is 0 Å². The normalized spacial score (nSPS) is 15.0. The average Bonchev–Trinajstić information content (AvgIpc) is 2.57. The summed E-state index contributed by atoms with van der Waals surface area (Å²) in [6.07, 6.45) is 11.9. The monoisotopic (exact) mass is 304 g/mol. The lowest BCUT2D eigenvalue weighted by Gasteiger charge is -2.15. The van der Waals surface area contributed by atoms with Gasteiger partial charge in [-0.2, -0.15) is 0 Å². The third kappa shape index (κ3) is 9.65. The minimum absolute atomic E-state index is 0.390. The van der Waals surface area contributed by atoms with E-state index in [2.05, 4.69) is 45.8 Å². The van der Waals surface area contributed by atoms with Crippen molar-refractivity contribution in [2.24, 2.45) is 20.0 Å². The minimum Gasteiger partial charge on any atom is -0.226 e. The first-order valence-corrected chi connectivity index (χ1v) is 9.09. The summed E-state index contributed by atoms with van der Waals surface area (Å²) in [5.41, 5.74) is 0. The zero-order valence-electron chi connectivity index (χ0n) is 14.4. The highest BCUT2D eigenvalue weighted by Crippen LogP contribution is 2.19. The third-order valence-electron chi connectivity index (χ3n) is 4.18. The SMILES string of the molecule is CCC(CC)N=C=NCCCCCN=C=NC1CCCCC1. The molecule has 22 heavy (non-hydrogen) atoms. The van der Waals surface area contributed by atoms with Crippen LogP contribution < -0.4 is 0 Å². The Kier molecular flexibility index (Phi) is 11.5. The second-order valence-corrected chi connectivity index (χ2v) is 6.04. The van der Waals surface area contributed by atoms with Gasteiger partial charge in [0, 0.05) is 13.1 Å². The number of hydrogen-bond acceptors (Lipinski definition) is 4. The van der Waals surface area contributed by atoms with Crippen molar-refractivity contribution < 1.29 is 0 Å². The molecule has 0 aromatic carbocycles. The summed E-state index contributed by atoms with van der Waals surface area (Å²) in [6, 6.07) is 6.60. The van der Waals surface area contributed by atoms with E-state index in [0.717, 1.165) is 45.2 Å². The van der Waals surface area contributed by atoms with Crippen molar-refractivity contribution >= 4 is 12.0 Å². The lowest BCUT2D eigenvalue weighted by molar-refractivity contribution is 0.444. The van der Waals surface area contributed by atoms with Crippen LogP contribution in [0.15, 0.2) is 20.0 Å². The molecular formula is C18H32N4. The molecule has 4 heteroatoms. The van der Waals surface area contributed by atoms with Crippen molar-refractivity contribution in [1.29, 1.82) is 0 Å². The van der Waals surface area contributed by atoms with Crippen LogP contribution in [-0.2, 0) is 0 Å². The molecule has 0 aliphatic heterocycles. The summed E-state index contributed by atoms with van der Waals surface area (Å²) in [6.45, 7) is 5.96. The number of nitrogens with zero attached hydrogens (tertiary/aromatic N) is 4. The average molecular weight is 304 g/mol. The fourth-order valence-corrected chi connectivity index (χ4v) is 2.58. The van der Waals surface area contributed by atoms with Gasteiger partial charge in [-0.25, -0.2) is 20.0 Å². The first-order chi connectivity index (χ1) is 10.9. The molecular weight excluding hydrogens is 272 g/mol. The molecule has 0 atom stereocenters. The molecule has 1 fully saturated rings. The summed E-state index contributed by atoms with van der Waals surface area (Å²) < 4.78 is 0. The maximum absolute atomic E-state index is 4.42. The zero-order chi connectivity index (χ0) is 15.9. The Morgan fingerprint density at radius 3 is 2.14 bits per heavy atom. The number of unbranched alkanes of at least 4 members (excludes halogenated alkanes) is 2. The van der Waals surface area contributed by atoms with E-state index in [-0.39, 0.29) is 0 Å². The van der Waals surface area contributed by atoms with Gasteiger partial charge in [0.25, 0.3) is 0 Å². The van der Waals surface area contributed by atoms with Crippen LogP contribution in [0.4, 0.5) is 0 Å².